The molecular formula is C17H21N3O2S. The van der Waals surface area contributed by atoms with Gasteiger partial charge in [-0.25, -0.2) is 0 Å². The first kappa shape index (κ1) is 15.9. The molecule has 0 atom stereocenters. The second-order valence-electron chi connectivity index (χ2n) is 5.82. The molecule has 2 heterocycles. The van der Waals surface area contributed by atoms with Gasteiger partial charge in [-0.2, -0.15) is 0 Å². The van der Waals surface area contributed by atoms with Crippen molar-refractivity contribution in [2.75, 3.05) is 6.54 Å². The summed E-state index contributed by atoms with van der Waals surface area (Å²) in [6, 6.07) is 2.01. The summed E-state index contributed by atoms with van der Waals surface area (Å²) in [7, 11) is 0. The second-order valence-corrected chi connectivity index (χ2v) is 6.73. The number of carbonyl (C=O) groups is 1. The van der Waals surface area contributed by atoms with Crippen molar-refractivity contribution in [2.45, 2.75) is 45.4 Å². The Morgan fingerprint density at radius 3 is 3.04 bits per heavy atom. The van der Waals surface area contributed by atoms with E-state index < -0.39 is 0 Å². The number of hydrogen-bond donors (Lipinski definition) is 1. The molecule has 5 nitrogen and oxygen atoms in total. The normalized spacial score (nSPS) is 14.6. The molecular weight excluding hydrogens is 310 g/mol. The molecule has 0 spiro atoms. The van der Waals surface area contributed by atoms with E-state index in [-0.39, 0.29) is 12.3 Å². The lowest BCUT2D eigenvalue weighted by Crippen LogP contribution is -2.26. The fourth-order valence-corrected chi connectivity index (χ4v) is 3.55. The van der Waals surface area contributed by atoms with E-state index >= 15 is 0 Å². The molecule has 0 radical (unpaired) electrons. The first-order valence-electron chi connectivity index (χ1n) is 8.04. The lowest BCUT2D eigenvalue weighted by molar-refractivity contribution is -0.120. The zero-order valence-electron chi connectivity index (χ0n) is 13.3. The van der Waals surface area contributed by atoms with Gasteiger partial charge in [-0.1, -0.05) is 11.6 Å². The maximum absolute atomic E-state index is 12.0. The number of hydrogen-bond acceptors (Lipinski definition) is 5. The number of thiophene rings is 1. The SMILES string of the molecule is Cc1ccsc1-c1nnc(CC(=O)NCCC2=CCCCC2)o1. The van der Waals surface area contributed by atoms with Crippen LogP contribution in [0.1, 0.15) is 43.6 Å². The highest BCUT2D eigenvalue weighted by molar-refractivity contribution is 7.13. The fourth-order valence-electron chi connectivity index (χ4n) is 2.70. The van der Waals surface area contributed by atoms with Crippen LogP contribution in [0.25, 0.3) is 10.8 Å². The van der Waals surface area contributed by atoms with Gasteiger partial charge in [0.1, 0.15) is 6.42 Å². The maximum Gasteiger partial charge on any atom is 0.258 e. The third-order valence-electron chi connectivity index (χ3n) is 3.99. The summed E-state index contributed by atoms with van der Waals surface area (Å²) in [5, 5.41) is 12.9. The Labute approximate surface area is 139 Å². The van der Waals surface area contributed by atoms with Crippen LogP contribution in [0.5, 0.6) is 0 Å². The zero-order valence-corrected chi connectivity index (χ0v) is 14.1. The van der Waals surface area contributed by atoms with Gasteiger partial charge in [-0.05, 0) is 56.0 Å². The highest BCUT2D eigenvalue weighted by atomic mass is 32.1. The van der Waals surface area contributed by atoms with Gasteiger partial charge >= 0.3 is 0 Å². The van der Waals surface area contributed by atoms with E-state index in [2.05, 4.69) is 21.6 Å². The molecule has 0 bridgehead atoms. The Morgan fingerprint density at radius 2 is 2.30 bits per heavy atom. The standard InChI is InChI=1S/C17H21N3O2S/c1-12-8-10-23-16(12)17-20-19-15(22-17)11-14(21)18-9-7-13-5-3-2-4-6-13/h5,8,10H,2-4,6-7,9,11H2,1H3,(H,18,21). The molecule has 0 aromatic carbocycles. The number of nitrogens with zero attached hydrogens (tertiary/aromatic N) is 2. The topological polar surface area (TPSA) is 68.0 Å². The van der Waals surface area contributed by atoms with Gasteiger partial charge in [0.2, 0.25) is 11.8 Å². The summed E-state index contributed by atoms with van der Waals surface area (Å²) >= 11 is 1.56. The van der Waals surface area contributed by atoms with Gasteiger partial charge in [-0.15, -0.1) is 21.5 Å². The van der Waals surface area contributed by atoms with Gasteiger partial charge in [0, 0.05) is 6.54 Å². The molecule has 2 aromatic heterocycles. The van der Waals surface area contributed by atoms with Crippen molar-refractivity contribution >= 4 is 17.2 Å². The molecule has 0 saturated carbocycles. The fraction of sp³-hybridized carbons (Fsp3) is 0.471. The number of aromatic nitrogens is 2. The average Bonchev–Trinajstić information content (AvgIpc) is 3.17. The van der Waals surface area contributed by atoms with Crippen molar-refractivity contribution in [3.8, 4) is 10.8 Å². The van der Waals surface area contributed by atoms with E-state index in [0.717, 1.165) is 16.9 Å². The Kier molecular flexibility index (Phi) is 5.23. The quantitative estimate of drug-likeness (QED) is 0.820. The van der Waals surface area contributed by atoms with E-state index in [9.17, 15) is 4.79 Å². The number of nitrogens with one attached hydrogen (secondary N) is 1. The van der Waals surface area contributed by atoms with Crippen LogP contribution < -0.4 is 5.32 Å². The first-order chi connectivity index (χ1) is 11.2. The Balaban J connectivity index is 1.47. The van der Waals surface area contributed by atoms with Crippen LogP contribution in [0.2, 0.25) is 0 Å². The molecule has 23 heavy (non-hydrogen) atoms. The van der Waals surface area contributed by atoms with Crippen molar-refractivity contribution in [3.63, 3.8) is 0 Å². The molecule has 6 heteroatoms. The molecule has 1 aliphatic carbocycles. The summed E-state index contributed by atoms with van der Waals surface area (Å²) in [5.41, 5.74) is 2.57. The monoisotopic (exact) mass is 331 g/mol. The molecule has 0 fully saturated rings. The summed E-state index contributed by atoms with van der Waals surface area (Å²) in [4.78, 5) is 12.9. The van der Waals surface area contributed by atoms with Gasteiger partial charge in [0.25, 0.3) is 5.89 Å². The van der Waals surface area contributed by atoms with E-state index in [0.29, 0.717) is 18.3 Å². The molecule has 1 aliphatic rings. The maximum atomic E-state index is 12.0. The minimum Gasteiger partial charge on any atom is -0.419 e. The second kappa shape index (κ2) is 7.55. The first-order valence-corrected chi connectivity index (χ1v) is 8.92. The van der Waals surface area contributed by atoms with E-state index in [4.69, 9.17) is 4.42 Å². The Hall–Kier alpha value is -1.95. The number of aryl methyl sites for hydroxylation is 1. The number of carbonyl (C=O) groups excluding carboxylic acids is 1. The average molecular weight is 331 g/mol. The lowest BCUT2D eigenvalue weighted by atomic mass is 9.97. The summed E-state index contributed by atoms with van der Waals surface area (Å²) < 4.78 is 5.59. The van der Waals surface area contributed by atoms with E-state index in [1.165, 1.54) is 31.3 Å². The van der Waals surface area contributed by atoms with Gasteiger partial charge in [0.15, 0.2) is 0 Å². The predicted molar refractivity (Wildman–Crippen MR) is 90.2 cm³/mol. The third kappa shape index (κ3) is 4.28. The molecule has 3 rings (SSSR count). The van der Waals surface area contributed by atoms with E-state index in [1.54, 1.807) is 11.3 Å². The van der Waals surface area contributed by atoms with Crippen molar-refractivity contribution in [2.24, 2.45) is 0 Å². The van der Waals surface area contributed by atoms with Crippen LogP contribution in [0.3, 0.4) is 0 Å². The van der Waals surface area contributed by atoms with E-state index in [1.807, 2.05) is 18.4 Å². The predicted octanol–water partition coefficient (Wildman–Crippen LogP) is 3.66. The smallest absolute Gasteiger partial charge is 0.258 e. The van der Waals surface area contributed by atoms with Crippen LogP contribution in [0.4, 0.5) is 0 Å². The Bertz CT molecular complexity index is 702. The van der Waals surface area contributed by atoms with Crippen LogP contribution >= 0.6 is 11.3 Å². The van der Waals surface area contributed by atoms with Crippen molar-refractivity contribution < 1.29 is 9.21 Å². The highest BCUT2D eigenvalue weighted by Gasteiger charge is 2.14. The molecule has 2 aromatic rings. The minimum atomic E-state index is -0.0699. The van der Waals surface area contributed by atoms with Crippen molar-refractivity contribution in [1.82, 2.24) is 15.5 Å². The van der Waals surface area contributed by atoms with Gasteiger partial charge in [0.05, 0.1) is 4.88 Å². The van der Waals surface area contributed by atoms with Crippen LogP contribution in [-0.2, 0) is 11.2 Å². The Morgan fingerprint density at radius 1 is 1.39 bits per heavy atom. The van der Waals surface area contributed by atoms with Crippen LogP contribution in [0.15, 0.2) is 27.5 Å². The lowest BCUT2D eigenvalue weighted by Gasteiger charge is -2.12. The molecule has 1 N–H and O–H groups in total. The van der Waals surface area contributed by atoms with Crippen LogP contribution in [-0.4, -0.2) is 22.6 Å². The van der Waals surface area contributed by atoms with Crippen molar-refractivity contribution in [3.05, 3.63) is 34.5 Å². The number of rotatable bonds is 6. The summed E-state index contributed by atoms with van der Waals surface area (Å²) in [6.07, 6.45) is 8.29. The van der Waals surface area contributed by atoms with Gasteiger partial charge < -0.3 is 9.73 Å². The summed E-state index contributed by atoms with van der Waals surface area (Å²) in [6.45, 7) is 2.68. The zero-order chi connectivity index (χ0) is 16.1. The molecule has 0 unspecified atom stereocenters. The third-order valence-corrected chi connectivity index (χ3v) is 4.99. The van der Waals surface area contributed by atoms with Gasteiger partial charge in [-0.3, -0.25) is 4.79 Å². The number of amides is 1. The molecule has 1 amide bonds. The highest BCUT2D eigenvalue weighted by Crippen LogP contribution is 2.27. The molecule has 0 saturated heterocycles. The minimum absolute atomic E-state index is 0.0699. The largest absolute Gasteiger partial charge is 0.419 e. The van der Waals surface area contributed by atoms with Crippen LogP contribution in [0, 0.1) is 6.92 Å². The molecule has 0 aliphatic heterocycles. The summed E-state index contributed by atoms with van der Waals surface area (Å²) in [5.74, 6) is 0.786. The molecule has 122 valence electrons. The van der Waals surface area contributed by atoms with Crippen molar-refractivity contribution in [1.29, 1.82) is 0 Å². The number of allylic oxidation sites excluding steroid dienone is 1.